The lowest BCUT2D eigenvalue weighted by atomic mass is 9.79. The quantitative estimate of drug-likeness (QED) is 0.364. The van der Waals surface area contributed by atoms with E-state index in [1.807, 2.05) is 18.8 Å². The van der Waals surface area contributed by atoms with E-state index >= 15 is 0 Å². The highest BCUT2D eigenvalue weighted by molar-refractivity contribution is 14.0. The number of ether oxygens (including phenoxy) is 1. The fourth-order valence-electron chi connectivity index (χ4n) is 4.20. The molecule has 8 heteroatoms. The molecule has 1 spiro atoms. The first-order valence-electron chi connectivity index (χ1n) is 8.96. The molecule has 6 nitrogen and oxygen atoms in total. The number of likely N-dealkylation sites (tertiary alicyclic amines) is 1. The second-order valence-corrected chi connectivity index (χ2v) is 8.65. The molecule has 3 saturated heterocycles. The van der Waals surface area contributed by atoms with Gasteiger partial charge in [0.25, 0.3) is 0 Å². The number of piperidine rings is 1. The molecular formula is C17H31IN4O2S. The number of thioether (sulfide) groups is 1. The number of hydrogen-bond acceptors (Lipinski definition) is 4. The number of rotatable bonds is 3. The number of halogens is 1. The zero-order valence-electron chi connectivity index (χ0n) is 15.3. The average molecular weight is 482 g/mol. The molecule has 3 aliphatic heterocycles. The predicted octanol–water partition coefficient (Wildman–Crippen LogP) is 1.69. The van der Waals surface area contributed by atoms with E-state index in [9.17, 15) is 4.79 Å². The van der Waals surface area contributed by atoms with Crippen molar-refractivity contribution in [3.63, 3.8) is 0 Å². The van der Waals surface area contributed by atoms with Gasteiger partial charge in [-0.3, -0.25) is 9.79 Å². The summed E-state index contributed by atoms with van der Waals surface area (Å²) in [5.74, 6) is 1.18. The first kappa shape index (κ1) is 21.1. The van der Waals surface area contributed by atoms with Crippen LogP contribution in [0.4, 0.5) is 0 Å². The van der Waals surface area contributed by atoms with Gasteiger partial charge >= 0.3 is 0 Å². The van der Waals surface area contributed by atoms with Crippen LogP contribution in [0.15, 0.2) is 4.99 Å². The third kappa shape index (κ3) is 4.94. The average Bonchev–Trinajstić information content (AvgIpc) is 2.96. The SMILES string of the molecule is CN=C(NCC1(SC)CCOCC1)N1CCCC2(CNC(=O)C2)C1.I. The molecule has 25 heavy (non-hydrogen) atoms. The van der Waals surface area contributed by atoms with Gasteiger partial charge in [-0.1, -0.05) is 0 Å². The Morgan fingerprint density at radius 2 is 2.16 bits per heavy atom. The van der Waals surface area contributed by atoms with Crippen molar-refractivity contribution in [1.29, 1.82) is 0 Å². The highest BCUT2D eigenvalue weighted by atomic mass is 127. The zero-order valence-corrected chi connectivity index (χ0v) is 18.5. The summed E-state index contributed by atoms with van der Waals surface area (Å²) >= 11 is 1.94. The first-order valence-corrected chi connectivity index (χ1v) is 10.2. The van der Waals surface area contributed by atoms with Crippen molar-refractivity contribution in [3.05, 3.63) is 0 Å². The largest absolute Gasteiger partial charge is 0.381 e. The van der Waals surface area contributed by atoms with Gasteiger partial charge in [-0.25, -0.2) is 0 Å². The Morgan fingerprint density at radius 3 is 2.76 bits per heavy atom. The molecule has 1 unspecified atom stereocenters. The van der Waals surface area contributed by atoms with Crippen LogP contribution in [0.5, 0.6) is 0 Å². The van der Waals surface area contributed by atoms with Crippen LogP contribution in [0.25, 0.3) is 0 Å². The third-order valence-electron chi connectivity index (χ3n) is 5.77. The molecule has 0 aromatic carbocycles. The van der Waals surface area contributed by atoms with Crippen molar-refractivity contribution in [2.75, 3.05) is 52.7 Å². The van der Waals surface area contributed by atoms with E-state index in [4.69, 9.17) is 4.74 Å². The fourth-order valence-corrected chi connectivity index (χ4v) is 4.99. The summed E-state index contributed by atoms with van der Waals surface area (Å²) < 4.78 is 5.77. The van der Waals surface area contributed by atoms with Gasteiger partial charge in [-0.15, -0.1) is 24.0 Å². The number of carbonyl (C=O) groups excluding carboxylic acids is 1. The summed E-state index contributed by atoms with van der Waals surface area (Å²) in [6.45, 7) is 5.37. The Hall–Kier alpha value is -0.220. The fraction of sp³-hybridized carbons (Fsp3) is 0.882. The van der Waals surface area contributed by atoms with Crippen molar-refractivity contribution in [2.45, 2.75) is 36.9 Å². The molecular weight excluding hydrogens is 451 g/mol. The minimum Gasteiger partial charge on any atom is -0.381 e. The Morgan fingerprint density at radius 1 is 1.40 bits per heavy atom. The van der Waals surface area contributed by atoms with Crippen molar-refractivity contribution in [1.82, 2.24) is 15.5 Å². The number of nitrogens with zero attached hydrogens (tertiary/aromatic N) is 2. The third-order valence-corrected chi connectivity index (χ3v) is 7.19. The molecule has 3 aliphatic rings. The number of nitrogens with one attached hydrogen (secondary N) is 2. The van der Waals surface area contributed by atoms with Crippen molar-refractivity contribution in [2.24, 2.45) is 10.4 Å². The summed E-state index contributed by atoms with van der Waals surface area (Å²) in [7, 11) is 1.86. The van der Waals surface area contributed by atoms with E-state index in [1.165, 1.54) is 0 Å². The number of guanidine groups is 1. The smallest absolute Gasteiger partial charge is 0.220 e. The Bertz CT molecular complexity index is 499. The van der Waals surface area contributed by atoms with Crippen LogP contribution in [0.3, 0.4) is 0 Å². The maximum atomic E-state index is 11.7. The lowest BCUT2D eigenvalue weighted by Crippen LogP contribution is -2.54. The summed E-state index contributed by atoms with van der Waals surface area (Å²) in [5.41, 5.74) is 0.100. The number of amides is 1. The van der Waals surface area contributed by atoms with Gasteiger partial charge in [0.1, 0.15) is 0 Å². The van der Waals surface area contributed by atoms with Crippen LogP contribution < -0.4 is 10.6 Å². The number of aliphatic imine (C=N–C) groups is 1. The topological polar surface area (TPSA) is 66.0 Å². The van der Waals surface area contributed by atoms with Gasteiger partial charge in [0.15, 0.2) is 5.96 Å². The summed E-state index contributed by atoms with van der Waals surface area (Å²) in [5, 5.41) is 6.63. The van der Waals surface area contributed by atoms with E-state index in [0.29, 0.717) is 6.42 Å². The highest BCUT2D eigenvalue weighted by Crippen LogP contribution is 2.36. The molecule has 3 rings (SSSR count). The normalized spacial score (nSPS) is 29.3. The molecule has 0 aromatic rings. The molecule has 0 radical (unpaired) electrons. The van der Waals surface area contributed by atoms with Crippen LogP contribution >= 0.6 is 35.7 Å². The summed E-state index contributed by atoms with van der Waals surface area (Å²) in [6, 6.07) is 0. The van der Waals surface area contributed by atoms with Crippen LogP contribution in [0, 0.1) is 5.41 Å². The summed E-state index contributed by atoms with van der Waals surface area (Å²) in [6.07, 6.45) is 7.28. The van der Waals surface area contributed by atoms with Gasteiger partial charge in [0.2, 0.25) is 5.91 Å². The number of carbonyl (C=O) groups is 1. The van der Waals surface area contributed by atoms with Gasteiger partial charge in [0, 0.05) is 63.0 Å². The van der Waals surface area contributed by atoms with Gasteiger partial charge in [-0.2, -0.15) is 11.8 Å². The Labute approximate surface area is 172 Å². The molecule has 0 bridgehead atoms. The Kier molecular flexibility index (Phi) is 7.69. The lowest BCUT2D eigenvalue weighted by molar-refractivity contribution is -0.119. The van der Waals surface area contributed by atoms with Gasteiger partial charge in [-0.05, 0) is 31.9 Å². The maximum absolute atomic E-state index is 11.7. The molecule has 0 aliphatic carbocycles. The maximum Gasteiger partial charge on any atom is 0.220 e. The van der Waals surface area contributed by atoms with Gasteiger partial charge < -0.3 is 20.3 Å². The van der Waals surface area contributed by atoms with E-state index in [0.717, 1.165) is 71.0 Å². The van der Waals surface area contributed by atoms with Gasteiger partial charge in [0.05, 0.1) is 0 Å². The molecule has 3 heterocycles. The van der Waals surface area contributed by atoms with E-state index in [-0.39, 0.29) is 40.0 Å². The van der Waals surface area contributed by atoms with Crippen LogP contribution in [-0.2, 0) is 9.53 Å². The molecule has 144 valence electrons. The molecule has 0 saturated carbocycles. The highest BCUT2D eigenvalue weighted by Gasteiger charge is 2.42. The minimum absolute atomic E-state index is 0. The first-order chi connectivity index (χ1) is 11.6. The molecule has 1 amide bonds. The van der Waals surface area contributed by atoms with Crippen molar-refractivity contribution < 1.29 is 9.53 Å². The van der Waals surface area contributed by atoms with E-state index in [2.05, 4.69) is 26.8 Å². The second-order valence-electron chi connectivity index (χ2n) is 7.38. The molecule has 1 atom stereocenters. The van der Waals surface area contributed by atoms with Crippen molar-refractivity contribution in [3.8, 4) is 0 Å². The summed E-state index contributed by atoms with van der Waals surface area (Å²) in [4.78, 5) is 18.6. The molecule has 2 N–H and O–H groups in total. The number of hydrogen-bond donors (Lipinski definition) is 2. The van der Waals surface area contributed by atoms with Crippen LogP contribution in [0.2, 0.25) is 0 Å². The van der Waals surface area contributed by atoms with E-state index < -0.39 is 0 Å². The second kappa shape index (κ2) is 9.12. The van der Waals surface area contributed by atoms with Crippen LogP contribution in [-0.4, -0.2) is 74.2 Å². The standard InChI is InChI=1S/C17H30N4O2S.HI/c1-18-15(20-12-17(24-2)5-8-23-9-6-17)21-7-3-4-16(13-21)10-14(22)19-11-16;/h3-13H2,1-2H3,(H,18,20)(H,19,22);1H. The predicted molar refractivity (Wildman–Crippen MR) is 114 cm³/mol. The molecule has 3 fully saturated rings. The minimum atomic E-state index is 0. The monoisotopic (exact) mass is 482 g/mol. The van der Waals surface area contributed by atoms with Crippen molar-refractivity contribution >= 4 is 47.6 Å². The van der Waals surface area contributed by atoms with Crippen LogP contribution in [0.1, 0.15) is 32.1 Å². The lowest BCUT2D eigenvalue weighted by Gasteiger charge is -2.42. The Balaban J connectivity index is 0.00000225. The zero-order chi connectivity index (χ0) is 17.0. The molecule has 0 aromatic heterocycles. The van der Waals surface area contributed by atoms with E-state index in [1.54, 1.807) is 0 Å².